The second kappa shape index (κ2) is 9.15. The molecule has 2 amide bonds. The molecule has 0 aromatic heterocycles. The van der Waals surface area contributed by atoms with Crippen molar-refractivity contribution in [2.45, 2.75) is 18.6 Å². The lowest BCUT2D eigenvalue weighted by Gasteiger charge is -2.26. The zero-order valence-electron chi connectivity index (χ0n) is 14.0. The molecule has 1 aliphatic rings. The summed E-state index contributed by atoms with van der Waals surface area (Å²) in [4.78, 5) is 25.9. The van der Waals surface area contributed by atoms with E-state index < -0.39 is 30.1 Å². The summed E-state index contributed by atoms with van der Waals surface area (Å²) in [5.41, 5.74) is 0.994. The molecule has 0 saturated carbocycles. The van der Waals surface area contributed by atoms with Gasteiger partial charge in [-0.15, -0.1) is 13.2 Å². The van der Waals surface area contributed by atoms with Crippen molar-refractivity contribution in [1.82, 2.24) is 4.90 Å². The molecule has 0 unspecified atom stereocenters. The lowest BCUT2D eigenvalue weighted by atomic mass is 9.99. The van der Waals surface area contributed by atoms with Crippen molar-refractivity contribution in [2.75, 3.05) is 19.8 Å². The van der Waals surface area contributed by atoms with E-state index in [0.29, 0.717) is 6.42 Å². The maximum absolute atomic E-state index is 12.8. The summed E-state index contributed by atoms with van der Waals surface area (Å²) in [6, 6.07) is 9.13. The SMILES string of the molecule is C=CCOC[C@@H](O)[C@H](C=C)C(=O)N1C(=O)OC[C@@H]1Cc1ccccc1. The van der Waals surface area contributed by atoms with Gasteiger partial charge in [-0.1, -0.05) is 42.5 Å². The van der Waals surface area contributed by atoms with Crippen LogP contribution in [0, 0.1) is 5.92 Å². The lowest BCUT2D eigenvalue weighted by molar-refractivity contribution is -0.136. The molecular weight excluding hydrogens is 322 g/mol. The third kappa shape index (κ3) is 4.78. The Balaban J connectivity index is 2.08. The van der Waals surface area contributed by atoms with Gasteiger partial charge >= 0.3 is 6.09 Å². The molecule has 1 N–H and O–H groups in total. The molecule has 0 spiro atoms. The first-order valence-electron chi connectivity index (χ1n) is 8.11. The number of nitrogens with zero attached hydrogens (tertiary/aromatic N) is 1. The van der Waals surface area contributed by atoms with Crippen LogP contribution >= 0.6 is 0 Å². The first-order valence-corrected chi connectivity index (χ1v) is 8.11. The van der Waals surface area contributed by atoms with Gasteiger partial charge < -0.3 is 14.6 Å². The standard InChI is InChI=1S/C19H23NO5/c1-3-10-24-13-17(21)16(4-2)18(22)20-15(12-25-19(20)23)11-14-8-6-5-7-9-14/h3-9,15-17,21H,1-2,10-13H2/t15-,16-,17+/m0/s1. The minimum Gasteiger partial charge on any atom is -0.447 e. The largest absolute Gasteiger partial charge is 0.447 e. The van der Waals surface area contributed by atoms with E-state index in [1.807, 2.05) is 30.3 Å². The Morgan fingerprint density at radius 1 is 1.40 bits per heavy atom. The summed E-state index contributed by atoms with van der Waals surface area (Å²) < 4.78 is 10.2. The second-order valence-corrected chi connectivity index (χ2v) is 5.78. The quantitative estimate of drug-likeness (QED) is 0.547. The van der Waals surface area contributed by atoms with Crippen molar-refractivity contribution < 1.29 is 24.2 Å². The molecule has 2 rings (SSSR count). The van der Waals surface area contributed by atoms with Crippen LogP contribution in [0.5, 0.6) is 0 Å². The van der Waals surface area contributed by atoms with Crippen LogP contribution in [0.4, 0.5) is 4.79 Å². The summed E-state index contributed by atoms with van der Waals surface area (Å²) in [6.07, 6.45) is 1.57. The summed E-state index contributed by atoms with van der Waals surface area (Å²) >= 11 is 0. The van der Waals surface area contributed by atoms with Gasteiger partial charge in [0.2, 0.25) is 5.91 Å². The molecule has 0 radical (unpaired) electrons. The Bertz CT molecular complexity index is 616. The summed E-state index contributed by atoms with van der Waals surface area (Å²) in [6.45, 7) is 7.46. The number of carbonyl (C=O) groups excluding carboxylic acids is 2. The Labute approximate surface area is 147 Å². The van der Waals surface area contributed by atoms with E-state index in [1.54, 1.807) is 6.08 Å². The highest BCUT2D eigenvalue weighted by atomic mass is 16.6. The van der Waals surface area contributed by atoms with E-state index in [9.17, 15) is 14.7 Å². The van der Waals surface area contributed by atoms with Crippen molar-refractivity contribution in [3.8, 4) is 0 Å². The fourth-order valence-electron chi connectivity index (χ4n) is 2.73. The number of hydrogen-bond donors (Lipinski definition) is 1. The molecule has 1 aromatic carbocycles. The Hall–Kier alpha value is -2.44. The molecule has 0 aliphatic carbocycles. The number of hydrogen-bond acceptors (Lipinski definition) is 5. The van der Waals surface area contributed by atoms with Gasteiger partial charge in [0.25, 0.3) is 0 Å². The van der Waals surface area contributed by atoms with Crippen LogP contribution in [-0.4, -0.2) is 54.0 Å². The monoisotopic (exact) mass is 345 g/mol. The molecule has 1 heterocycles. The third-order valence-corrected chi connectivity index (χ3v) is 3.99. The second-order valence-electron chi connectivity index (χ2n) is 5.78. The van der Waals surface area contributed by atoms with Gasteiger partial charge in [-0.05, 0) is 12.0 Å². The zero-order chi connectivity index (χ0) is 18.2. The molecule has 1 aromatic rings. The topological polar surface area (TPSA) is 76.1 Å². The lowest BCUT2D eigenvalue weighted by Crippen LogP contribution is -2.46. The summed E-state index contributed by atoms with van der Waals surface area (Å²) in [7, 11) is 0. The molecular formula is C19H23NO5. The first kappa shape index (κ1) is 18.9. The van der Waals surface area contributed by atoms with Gasteiger partial charge in [0.05, 0.1) is 31.3 Å². The van der Waals surface area contributed by atoms with E-state index in [2.05, 4.69) is 13.2 Å². The van der Waals surface area contributed by atoms with Crippen LogP contribution in [0.3, 0.4) is 0 Å². The number of benzene rings is 1. The number of aliphatic hydroxyl groups excluding tert-OH is 1. The Morgan fingerprint density at radius 3 is 2.76 bits per heavy atom. The first-order chi connectivity index (χ1) is 12.1. The highest BCUT2D eigenvalue weighted by Gasteiger charge is 2.41. The summed E-state index contributed by atoms with van der Waals surface area (Å²) in [5, 5.41) is 10.2. The highest BCUT2D eigenvalue weighted by molar-refractivity contribution is 5.95. The molecule has 134 valence electrons. The number of imide groups is 1. The Morgan fingerprint density at radius 2 is 2.12 bits per heavy atom. The third-order valence-electron chi connectivity index (χ3n) is 3.99. The molecule has 1 fully saturated rings. The number of rotatable bonds is 9. The molecule has 6 heteroatoms. The van der Waals surface area contributed by atoms with Gasteiger partial charge in [-0.2, -0.15) is 0 Å². The Kier molecular flexibility index (Phi) is 6.91. The van der Waals surface area contributed by atoms with Crippen molar-refractivity contribution in [3.63, 3.8) is 0 Å². The highest BCUT2D eigenvalue weighted by Crippen LogP contribution is 2.22. The summed E-state index contributed by atoms with van der Waals surface area (Å²) in [5.74, 6) is -1.48. The van der Waals surface area contributed by atoms with Gasteiger partial charge in [-0.3, -0.25) is 4.79 Å². The molecule has 6 nitrogen and oxygen atoms in total. The minimum atomic E-state index is -1.10. The minimum absolute atomic E-state index is 0.0549. The number of carbonyl (C=O) groups is 2. The van der Waals surface area contributed by atoms with Crippen LogP contribution in [0.15, 0.2) is 55.6 Å². The number of aliphatic hydroxyl groups is 1. The van der Waals surface area contributed by atoms with E-state index in [-0.39, 0.29) is 19.8 Å². The fraction of sp³-hybridized carbons (Fsp3) is 0.368. The van der Waals surface area contributed by atoms with Crippen molar-refractivity contribution >= 4 is 12.0 Å². The van der Waals surface area contributed by atoms with E-state index in [0.717, 1.165) is 10.5 Å². The molecule has 25 heavy (non-hydrogen) atoms. The molecule has 3 atom stereocenters. The number of cyclic esters (lactones) is 1. The van der Waals surface area contributed by atoms with Gasteiger partial charge in [-0.25, -0.2) is 9.69 Å². The number of amides is 2. The molecule has 1 saturated heterocycles. The average Bonchev–Trinajstić information content (AvgIpc) is 2.97. The van der Waals surface area contributed by atoms with Crippen LogP contribution in [0.1, 0.15) is 5.56 Å². The molecule has 0 bridgehead atoms. The van der Waals surface area contributed by atoms with Crippen LogP contribution < -0.4 is 0 Å². The fourth-order valence-corrected chi connectivity index (χ4v) is 2.73. The van der Waals surface area contributed by atoms with E-state index >= 15 is 0 Å². The maximum Gasteiger partial charge on any atom is 0.417 e. The van der Waals surface area contributed by atoms with Gasteiger partial charge in [0, 0.05) is 0 Å². The van der Waals surface area contributed by atoms with Gasteiger partial charge in [0.1, 0.15) is 6.61 Å². The predicted molar refractivity (Wildman–Crippen MR) is 92.8 cm³/mol. The molecule has 1 aliphatic heterocycles. The van der Waals surface area contributed by atoms with E-state index in [1.165, 1.54) is 6.08 Å². The van der Waals surface area contributed by atoms with Crippen LogP contribution in [0.25, 0.3) is 0 Å². The van der Waals surface area contributed by atoms with Gasteiger partial charge in [0.15, 0.2) is 0 Å². The maximum atomic E-state index is 12.8. The van der Waals surface area contributed by atoms with Crippen LogP contribution in [0.2, 0.25) is 0 Å². The van der Waals surface area contributed by atoms with E-state index in [4.69, 9.17) is 9.47 Å². The average molecular weight is 345 g/mol. The normalized spacial score (nSPS) is 19.2. The van der Waals surface area contributed by atoms with Crippen molar-refractivity contribution in [3.05, 3.63) is 61.2 Å². The predicted octanol–water partition coefficient (Wildman–Crippen LogP) is 1.94. The van der Waals surface area contributed by atoms with Crippen molar-refractivity contribution in [1.29, 1.82) is 0 Å². The smallest absolute Gasteiger partial charge is 0.417 e. The zero-order valence-corrected chi connectivity index (χ0v) is 14.0. The van der Waals surface area contributed by atoms with Crippen LogP contribution in [-0.2, 0) is 20.7 Å². The van der Waals surface area contributed by atoms with Crippen molar-refractivity contribution in [2.24, 2.45) is 5.92 Å². The number of ether oxygens (including phenoxy) is 2.